The first-order valence-electron chi connectivity index (χ1n) is 6.78. The molecule has 5 heteroatoms. The van der Waals surface area contributed by atoms with Crippen LogP contribution >= 0.6 is 0 Å². The van der Waals surface area contributed by atoms with E-state index in [0.717, 1.165) is 5.56 Å². The molecule has 1 spiro atoms. The second kappa shape index (κ2) is 5.25. The highest BCUT2D eigenvalue weighted by Crippen LogP contribution is 2.35. The lowest BCUT2D eigenvalue weighted by Gasteiger charge is -2.46. The fourth-order valence-electron chi connectivity index (χ4n) is 2.69. The summed E-state index contributed by atoms with van der Waals surface area (Å²) >= 11 is 0. The molecule has 1 saturated carbocycles. The minimum atomic E-state index is -0.443. The van der Waals surface area contributed by atoms with Crippen LogP contribution in [0.2, 0.25) is 0 Å². The van der Waals surface area contributed by atoms with Crippen molar-refractivity contribution in [3.8, 4) is 0 Å². The van der Waals surface area contributed by atoms with Gasteiger partial charge in [-0.2, -0.15) is 0 Å². The zero-order valence-electron chi connectivity index (χ0n) is 11.2. The van der Waals surface area contributed by atoms with Crippen molar-refractivity contribution < 1.29 is 19.1 Å². The average molecular weight is 275 g/mol. The number of carbonyl (C=O) groups excluding carboxylic acids is 2. The number of nitrogens with zero attached hydrogens (tertiary/aromatic N) is 1. The molecule has 106 valence electrons. The number of benzene rings is 1. The van der Waals surface area contributed by atoms with E-state index in [4.69, 9.17) is 9.47 Å². The first-order chi connectivity index (χ1) is 9.67. The minimum absolute atomic E-state index is 0.199. The SMILES string of the molecule is O=C1CC2(C1)CN(C(=O)OCc1ccccc1)CCO2. The van der Waals surface area contributed by atoms with Crippen LogP contribution in [0.1, 0.15) is 18.4 Å². The average Bonchev–Trinajstić information content (AvgIpc) is 2.45. The molecule has 0 bridgehead atoms. The van der Waals surface area contributed by atoms with Crippen LogP contribution in [0, 0.1) is 0 Å². The van der Waals surface area contributed by atoms with Crippen LogP contribution < -0.4 is 0 Å². The number of Topliss-reactive ketones (excluding diaryl/α,β-unsaturated/α-hetero) is 1. The highest BCUT2D eigenvalue weighted by atomic mass is 16.6. The van der Waals surface area contributed by atoms with Crippen LogP contribution in [0.4, 0.5) is 4.79 Å². The van der Waals surface area contributed by atoms with Gasteiger partial charge in [-0.15, -0.1) is 0 Å². The fraction of sp³-hybridized carbons (Fsp3) is 0.467. The summed E-state index contributed by atoms with van der Waals surface area (Å²) in [5.74, 6) is 0.199. The maximum Gasteiger partial charge on any atom is 0.410 e. The van der Waals surface area contributed by atoms with Gasteiger partial charge < -0.3 is 14.4 Å². The van der Waals surface area contributed by atoms with Crippen molar-refractivity contribution in [2.75, 3.05) is 19.7 Å². The minimum Gasteiger partial charge on any atom is -0.445 e. The summed E-state index contributed by atoms with van der Waals surface area (Å²) in [5.41, 5.74) is 0.517. The van der Waals surface area contributed by atoms with Crippen LogP contribution in [-0.2, 0) is 20.9 Å². The second-order valence-electron chi connectivity index (χ2n) is 5.39. The quantitative estimate of drug-likeness (QED) is 0.825. The van der Waals surface area contributed by atoms with Gasteiger partial charge >= 0.3 is 6.09 Å². The Labute approximate surface area is 117 Å². The van der Waals surface area contributed by atoms with Crippen LogP contribution in [0.3, 0.4) is 0 Å². The molecule has 0 N–H and O–H groups in total. The summed E-state index contributed by atoms with van der Waals surface area (Å²) in [4.78, 5) is 24.8. The number of hydrogen-bond acceptors (Lipinski definition) is 4. The number of carbonyl (C=O) groups is 2. The lowest BCUT2D eigenvalue weighted by atomic mass is 9.77. The summed E-state index contributed by atoms with van der Waals surface area (Å²) in [7, 11) is 0. The Hall–Kier alpha value is -1.88. The molecule has 0 atom stereocenters. The van der Waals surface area contributed by atoms with Crippen molar-refractivity contribution in [1.82, 2.24) is 4.90 Å². The van der Waals surface area contributed by atoms with E-state index in [0.29, 0.717) is 32.5 Å². The van der Waals surface area contributed by atoms with Crippen LogP contribution in [-0.4, -0.2) is 42.1 Å². The number of rotatable bonds is 2. The molecule has 1 amide bonds. The lowest BCUT2D eigenvalue weighted by molar-refractivity contribution is -0.167. The third-order valence-electron chi connectivity index (χ3n) is 3.75. The van der Waals surface area contributed by atoms with Gasteiger partial charge in [0, 0.05) is 19.4 Å². The van der Waals surface area contributed by atoms with E-state index >= 15 is 0 Å². The Morgan fingerprint density at radius 1 is 1.30 bits per heavy atom. The zero-order chi connectivity index (χ0) is 14.0. The van der Waals surface area contributed by atoms with Crippen molar-refractivity contribution in [3.63, 3.8) is 0 Å². The molecule has 1 heterocycles. The summed E-state index contributed by atoms with van der Waals surface area (Å²) in [6, 6.07) is 9.57. The van der Waals surface area contributed by atoms with Gasteiger partial charge in [0.2, 0.25) is 0 Å². The van der Waals surface area contributed by atoms with Gasteiger partial charge in [0.25, 0.3) is 0 Å². The Morgan fingerprint density at radius 2 is 2.05 bits per heavy atom. The molecule has 2 aliphatic rings. The Balaban J connectivity index is 1.53. The normalized spacial score (nSPS) is 20.6. The Bertz CT molecular complexity index is 506. The number of amides is 1. The van der Waals surface area contributed by atoms with Gasteiger partial charge in [0.05, 0.1) is 18.8 Å². The van der Waals surface area contributed by atoms with E-state index in [-0.39, 0.29) is 18.5 Å². The van der Waals surface area contributed by atoms with E-state index in [9.17, 15) is 9.59 Å². The Morgan fingerprint density at radius 3 is 2.75 bits per heavy atom. The van der Waals surface area contributed by atoms with Crippen molar-refractivity contribution in [2.24, 2.45) is 0 Å². The third kappa shape index (κ3) is 2.67. The molecule has 3 rings (SSSR count). The van der Waals surface area contributed by atoms with E-state index < -0.39 is 5.60 Å². The first kappa shape index (κ1) is 13.1. The number of morpholine rings is 1. The maximum absolute atomic E-state index is 12.0. The molecule has 2 fully saturated rings. The first-order valence-corrected chi connectivity index (χ1v) is 6.78. The third-order valence-corrected chi connectivity index (χ3v) is 3.75. The molecule has 5 nitrogen and oxygen atoms in total. The summed E-state index contributed by atoms with van der Waals surface area (Å²) in [5, 5.41) is 0. The predicted octanol–water partition coefficient (Wildman–Crippen LogP) is 1.76. The predicted molar refractivity (Wildman–Crippen MR) is 71.1 cm³/mol. The molecule has 0 unspecified atom stereocenters. The van der Waals surface area contributed by atoms with Gasteiger partial charge in [-0.3, -0.25) is 4.79 Å². The van der Waals surface area contributed by atoms with Gasteiger partial charge in [-0.25, -0.2) is 4.79 Å². The summed E-state index contributed by atoms with van der Waals surface area (Å²) in [6.07, 6.45) is 0.487. The molecular formula is C15H17NO4. The smallest absolute Gasteiger partial charge is 0.410 e. The monoisotopic (exact) mass is 275 g/mol. The Kier molecular flexibility index (Phi) is 3.44. The van der Waals surface area contributed by atoms with Crippen molar-refractivity contribution in [3.05, 3.63) is 35.9 Å². The highest BCUT2D eigenvalue weighted by Gasteiger charge is 2.48. The van der Waals surface area contributed by atoms with Crippen molar-refractivity contribution >= 4 is 11.9 Å². The van der Waals surface area contributed by atoms with Gasteiger partial charge in [0.15, 0.2) is 0 Å². The van der Waals surface area contributed by atoms with E-state index in [1.807, 2.05) is 30.3 Å². The number of ketones is 1. The molecule has 20 heavy (non-hydrogen) atoms. The van der Waals surface area contributed by atoms with E-state index in [2.05, 4.69) is 0 Å². The topological polar surface area (TPSA) is 55.8 Å². The van der Waals surface area contributed by atoms with Gasteiger partial charge in [-0.1, -0.05) is 30.3 Å². The van der Waals surface area contributed by atoms with Crippen LogP contribution in [0.25, 0.3) is 0 Å². The maximum atomic E-state index is 12.0. The van der Waals surface area contributed by atoms with Gasteiger partial charge in [-0.05, 0) is 5.56 Å². The number of hydrogen-bond donors (Lipinski definition) is 0. The number of ether oxygens (including phenoxy) is 2. The summed E-state index contributed by atoms with van der Waals surface area (Å²) < 4.78 is 10.9. The van der Waals surface area contributed by atoms with Crippen LogP contribution in [0.15, 0.2) is 30.3 Å². The summed E-state index contributed by atoms with van der Waals surface area (Å²) in [6.45, 7) is 1.70. The molecule has 1 aliphatic heterocycles. The molecular weight excluding hydrogens is 258 g/mol. The van der Waals surface area contributed by atoms with Crippen molar-refractivity contribution in [2.45, 2.75) is 25.0 Å². The molecule has 1 aliphatic carbocycles. The highest BCUT2D eigenvalue weighted by molar-refractivity contribution is 5.87. The van der Waals surface area contributed by atoms with E-state index in [1.165, 1.54) is 0 Å². The molecule has 1 saturated heterocycles. The molecule has 1 aromatic carbocycles. The second-order valence-corrected chi connectivity index (χ2v) is 5.39. The zero-order valence-corrected chi connectivity index (χ0v) is 11.2. The molecule has 0 aromatic heterocycles. The fourth-order valence-corrected chi connectivity index (χ4v) is 2.69. The van der Waals surface area contributed by atoms with E-state index in [1.54, 1.807) is 4.90 Å². The lowest BCUT2D eigenvalue weighted by Crippen LogP contribution is -2.60. The van der Waals surface area contributed by atoms with Crippen molar-refractivity contribution in [1.29, 1.82) is 0 Å². The standard InChI is InChI=1S/C15H17NO4/c17-13-8-15(9-13)11-16(6-7-20-15)14(18)19-10-12-4-2-1-3-5-12/h1-5H,6-11H2. The van der Waals surface area contributed by atoms with Gasteiger partial charge in [0.1, 0.15) is 12.4 Å². The van der Waals surface area contributed by atoms with Crippen LogP contribution in [0.5, 0.6) is 0 Å². The molecule has 0 radical (unpaired) electrons. The molecule has 1 aromatic rings. The largest absolute Gasteiger partial charge is 0.445 e.